The highest BCUT2D eigenvalue weighted by molar-refractivity contribution is 5.70. The van der Waals surface area contributed by atoms with Gasteiger partial charge in [0.15, 0.2) is 0 Å². The highest BCUT2D eigenvalue weighted by Crippen LogP contribution is 2.44. The number of carbonyl (C=O) groups is 1. The topological polar surface area (TPSA) is 67.2 Å². The van der Waals surface area contributed by atoms with Crippen molar-refractivity contribution < 1.29 is 9.90 Å². The van der Waals surface area contributed by atoms with Crippen molar-refractivity contribution >= 4 is 11.7 Å². The van der Waals surface area contributed by atoms with Crippen LogP contribution in [0.4, 0.5) is 5.69 Å². The van der Waals surface area contributed by atoms with E-state index in [0.29, 0.717) is 17.9 Å². The minimum absolute atomic E-state index is 0.149. The maximum absolute atomic E-state index is 11.0. The van der Waals surface area contributed by atoms with Gasteiger partial charge in [0.05, 0.1) is 23.5 Å². The Balaban J connectivity index is 1.65. The molecule has 2 N–H and O–H groups in total. The van der Waals surface area contributed by atoms with Gasteiger partial charge in [0.25, 0.3) is 0 Å². The van der Waals surface area contributed by atoms with Gasteiger partial charge in [-0.05, 0) is 44.4 Å². The largest absolute Gasteiger partial charge is 0.481 e. The molecule has 0 aliphatic heterocycles. The van der Waals surface area contributed by atoms with Crippen molar-refractivity contribution in [3.63, 3.8) is 0 Å². The van der Waals surface area contributed by atoms with Crippen LogP contribution >= 0.6 is 0 Å². The van der Waals surface area contributed by atoms with Gasteiger partial charge in [-0.15, -0.1) is 0 Å². The lowest BCUT2D eigenvalue weighted by Crippen LogP contribution is -2.29. The molecule has 1 aromatic heterocycles. The van der Waals surface area contributed by atoms with Crippen LogP contribution in [0.15, 0.2) is 6.20 Å². The molecule has 0 aromatic carbocycles. The molecular weight excluding hydrogens is 278 g/mol. The highest BCUT2D eigenvalue weighted by Gasteiger charge is 2.32. The van der Waals surface area contributed by atoms with Gasteiger partial charge in [-0.2, -0.15) is 5.10 Å². The fourth-order valence-electron chi connectivity index (χ4n) is 3.49. The summed E-state index contributed by atoms with van der Waals surface area (Å²) in [4.78, 5) is 11.0. The van der Waals surface area contributed by atoms with Crippen LogP contribution < -0.4 is 5.32 Å². The van der Waals surface area contributed by atoms with Crippen molar-refractivity contribution in [1.82, 2.24) is 9.78 Å². The van der Waals surface area contributed by atoms with Gasteiger partial charge in [0.2, 0.25) is 0 Å². The molecule has 22 heavy (non-hydrogen) atoms. The quantitative estimate of drug-likeness (QED) is 0.844. The minimum atomic E-state index is -0.637. The van der Waals surface area contributed by atoms with E-state index < -0.39 is 5.97 Å². The van der Waals surface area contributed by atoms with E-state index in [2.05, 4.69) is 28.9 Å². The lowest BCUT2D eigenvalue weighted by Gasteiger charge is -2.27. The lowest BCUT2D eigenvalue weighted by molar-refractivity contribution is -0.142. The van der Waals surface area contributed by atoms with Crippen LogP contribution in [0.2, 0.25) is 0 Å². The second-order valence-corrected chi connectivity index (χ2v) is 7.32. The van der Waals surface area contributed by atoms with Crippen molar-refractivity contribution in [3.8, 4) is 0 Å². The molecule has 1 aromatic rings. The molecule has 0 saturated heterocycles. The normalized spacial score (nSPS) is 25.4. The van der Waals surface area contributed by atoms with Crippen molar-refractivity contribution in [2.24, 2.45) is 11.8 Å². The first-order valence-electron chi connectivity index (χ1n) is 8.59. The smallest absolute Gasteiger partial charge is 0.306 e. The fraction of sp³-hybridized carbons (Fsp3) is 0.765. The average molecular weight is 305 g/mol. The summed E-state index contributed by atoms with van der Waals surface area (Å²) in [6, 6.07) is 0.393. The summed E-state index contributed by atoms with van der Waals surface area (Å²) in [6.07, 6.45) is 7.96. The van der Waals surface area contributed by atoms with Gasteiger partial charge >= 0.3 is 5.97 Å². The minimum Gasteiger partial charge on any atom is -0.481 e. The van der Waals surface area contributed by atoms with Crippen LogP contribution in [0.25, 0.3) is 0 Å². The number of carboxylic acid groups (broad SMARTS) is 1. The van der Waals surface area contributed by atoms with Crippen molar-refractivity contribution in [2.75, 3.05) is 5.32 Å². The molecule has 2 fully saturated rings. The first-order chi connectivity index (χ1) is 10.5. The summed E-state index contributed by atoms with van der Waals surface area (Å²) in [5, 5.41) is 17.3. The summed E-state index contributed by atoms with van der Waals surface area (Å²) >= 11 is 0. The third-order valence-corrected chi connectivity index (χ3v) is 4.82. The molecule has 2 aliphatic carbocycles. The standard InChI is InChI=1S/C17H27N3O2/c1-11(2)10-20-16(12-3-4-12)15(9-18-20)19-14-7-5-13(6-8-14)17(21)22/h9,11-14,19H,3-8,10H2,1-2H3,(H,21,22). The van der Waals surface area contributed by atoms with E-state index in [0.717, 1.165) is 32.2 Å². The van der Waals surface area contributed by atoms with Gasteiger partial charge in [-0.3, -0.25) is 9.48 Å². The number of nitrogens with one attached hydrogen (secondary N) is 1. The van der Waals surface area contributed by atoms with Gasteiger partial charge in [0, 0.05) is 18.5 Å². The second kappa shape index (κ2) is 6.31. The molecule has 1 heterocycles. The maximum atomic E-state index is 11.0. The predicted octanol–water partition coefficient (Wildman–Crippen LogP) is 3.47. The van der Waals surface area contributed by atoms with Crippen LogP contribution in [0.5, 0.6) is 0 Å². The Morgan fingerprint density at radius 1 is 1.32 bits per heavy atom. The Morgan fingerprint density at radius 2 is 2.00 bits per heavy atom. The van der Waals surface area contributed by atoms with Gasteiger partial charge in [-0.1, -0.05) is 13.8 Å². The van der Waals surface area contributed by atoms with E-state index in [1.165, 1.54) is 24.2 Å². The number of aliphatic carboxylic acids is 1. The molecule has 3 rings (SSSR count). The second-order valence-electron chi connectivity index (χ2n) is 7.32. The fourth-order valence-corrected chi connectivity index (χ4v) is 3.49. The van der Waals surface area contributed by atoms with E-state index in [9.17, 15) is 4.79 Å². The highest BCUT2D eigenvalue weighted by atomic mass is 16.4. The zero-order chi connectivity index (χ0) is 15.7. The number of hydrogen-bond acceptors (Lipinski definition) is 3. The van der Waals surface area contributed by atoms with E-state index in [1.54, 1.807) is 0 Å². The van der Waals surface area contributed by atoms with Crippen LogP contribution in [-0.4, -0.2) is 26.9 Å². The van der Waals surface area contributed by atoms with Crippen LogP contribution in [0, 0.1) is 11.8 Å². The predicted molar refractivity (Wildman–Crippen MR) is 86.0 cm³/mol. The molecule has 0 bridgehead atoms. The molecule has 0 amide bonds. The van der Waals surface area contributed by atoms with Gasteiger partial charge in [0.1, 0.15) is 0 Å². The first-order valence-corrected chi connectivity index (χ1v) is 8.59. The molecule has 5 heteroatoms. The number of carboxylic acids is 1. The molecule has 122 valence electrons. The Labute approximate surface area is 132 Å². The maximum Gasteiger partial charge on any atom is 0.306 e. The number of nitrogens with zero attached hydrogens (tertiary/aromatic N) is 2. The van der Waals surface area contributed by atoms with E-state index in [-0.39, 0.29) is 5.92 Å². The number of hydrogen-bond donors (Lipinski definition) is 2. The average Bonchev–Trinajstić information content (AvgIpc) is 3.23. The summed E-state index contributed by atoms with van der Waals surface area (Å²) in [7, 11) is 0. The first kappa shape index (κ1) is 15.4. The molecule has 0 unspecified atom stereocenters. The Hall–Kier alpha value is -1.52. The van der Waals surface area contributed by atoms with E-state index in [1.807, 2.05) is 6.20 Å². The number of anilines is 1. The van der Waals surface area contributed by atoms with Crippen LogP contribution in [0.1, 0.15) is 64.0 Å². The van der Waals surface area contributed by atoms with Crippen molar-refractivity contribution in [3.05, 3.63) is 11.9 Å². The SMILES string of the molecule is CC(C)Cn1ncc(NC2CCC(C(=O)O)CC2)c1C1CC1. The van der Waals surface area contributed by atoms with E-state index in [4.69, 9.17) is 5.11 Å². The Morgan fingerprint density at radius 3 is 2.55 bits per heavy atom. The molecule has 0 atom stereocenters. The monoisotopic (exact) mass is 305 g/mol. The van der Waals surface area contributed by atoms with Gasteiger partial charge in [-0.25, -0.2) is 0 Å². The summed E-state index contributed by atoms with van der Waals surface area (Å²) in [6.45, 7) is 5.41. The third-order valence-electron chi connectivity index (χ3n) is 4.82. The Bertz CT molecular complexity index is 526. The molecule has 5 nitrogen and oxygen atoms in total. The van der Waals surface area contributed by atoms with Crippen molar-refractivity contribution in [1.29, 1.82) is 0 Å². The summed E-state index contributed by atoms with van der Waals surface area (Å²) in [5.41, 5.74) is 2.55. The molecule has 0 radical (unpaired) electrons. The zero-order valence-corrected chi connectivity index (χ0v) is 13.6. The van der Waals surface area contributed by atoms with Gasteiger partial charge < -0.3 is 10.4 Å². The number of rotatable bonds is 6. The molecule has 2 saturated carbocycles. The Kier molecular flexibility index (Phi) is 4.41. The molecule has 2 aliphatic rings. The third kappa shape index (κ3) is 3.45. The molecule has 0 spiro atoms. The summed E-state index contributed by atoms with van der Waals surface area (Å²) in [5.74, 6) is 0.474. The zero-order valence-electron chi connectivity index (χ0n) is 13.6. The summed E-state index contributed by atoms with van der Waals surface area (Å²) < 4.78 is 2.17. The number of aromatic nitrogens is 2. The van der Waals surface area contributed by atoms with Crippen LogP contribution in [0.3, 0.4) is 0 Å². The van der Waals surface area contributed by atoms with Crippen LogP contribution in [-0.2, 0) is 11.3 Å². The van der Waals surface area contributed by atoms with Crippen molar-refractivity contribution in [2.45, 2.75) is 70.9 Å². The molecular formula is C17H27N3O2. The lowest BCUT2D eigenvalue weighted by atomic mass is 9.86. The van der Waals surface area contributed by atoms with E-state index >= 15 is 0 Å².